The molecule has 0 bridgehead atoms. The smallest absolute Gasteiger partial charge is 0.335 e. The highest BCUT2D eigenvalue weighted by Gasteiger charge is 2.07. The molecule has 128 valence electrons. The van der Waals surface area contributed by atoms with Gasteiger partial charge in [0, 0.05) is 5.56 Å². The summed E-state index contributed by atoms with van der Waals surface area (Å²) in [6.45, 7) is 0.321. The van der Waals surface area contributed by atoms with E-state index in [0.717, 1.165) is 27.4 Å². The Bertz CT molecular complexity index is 1040. The molecule has 0 aliphatic carbocycles. The van der Waals surface area contributed by atoms with Crippen LogP contribution in [0.3, 0.4) is 0 Å². The summed E-state index contributed by atoms with van der Waals surface area (Å²) in [4.78, 5) is 15.7. The summed E-state index contributed by atoms with van der Waals surface area (Å²) in [5, 5.41) is 10.0. The maximum absolute atomic E-state index is 11.0. The molecule has 0 spiro atoms. The molecule has 1 N–H and O–H groups in total. The number of ether oxygens (including phenoxy) is 1. The largest absolute Gasteiger partial charge is 0.489 e. The standard InChI is InChI=1S/C21H15NO3S/c23-21(24)16-5-3-4-14(12-16)13-25-17-10-8-15(9-11-17)20-22-18-6-1-2-7-19(18)26-20/h1-12H,13H2,(H,23,24). The predicted molar refractivity (Wildman–Crippen MR) is 103 cm³/mol. The van der Waals surface area contributed by atoms with Crippen molar-refractivity contribution in [2.75, 3.05) is 0 Å². The van der Waals surface area contributed by atoms with Crippen molar-refractivity contribution < 1.29 is 14.6 Å². The first kappa shape index (κ1) is 16.3. The number of hydrogen-bond acceptors (Lipinski definition) is 4. The van der Waals surface area contributed by atoms with E-state index in [9.17, 15) is 4.79 Å². The fraction of sp³-hybridized carbons (Fsp3) is 0.0476. The normalized spacial score (nSPS) is 10.8. The van der Waals surface area contributed by atoms with Crippen LogP contribution in [0.25, 0.3) is 20.8 Å². The molecule has 4 rings (SSSR count). The van der Waals surface area contributed by atoms with E-state index in [-0.39, 0.29) is 5.56 Å². The molecule has 1 aromatic heterocycles. The number of carboxylic acids is 1. The maximum Gasteiger partial charge on any atom is 0.335 e. The summed E-state index contributed by atoms with van der Waals surface area (Å²) < 4.78 is 6.93. The van der Waals surface area contributed by atoms with Crippen LogP contribution in [0.4, 0.5) is 0 Å². The topological polar surface area (TPSA) is 59.4 Å². The lowest BCUT2D eigenvalue weighted by Gasteiger charge is -2.07. The Labute approximate surface area is 154 Å². The number of aromatic carboxylic acids is 1. The van der Waals surface area contributed by atoms with Gasteiger partial charge in [0.25, 0.3) is 0 Å². The number of thiazole rings is 1. The quantitative estimate of drug-likeness (QED) is 0.528. The zero-order chi connectivity index (χ0) is 17.9. The van der Waals surface area contributed by atoms with Gasteiger partial charge in [0.2, 0.25) is 0 Å². The molecular formula is C21H15NO3S. The van der Waals surface area contributed by atoms with E-state index in [1.807, 2.05) is 48.5 Å². The predicted octanol–water partition coefficient (Wildman–Crippen LogP) is 5.24. The summed E-state index contributed by atoms with van der Waals surface area (Å²) in [5.74, 6) is -0.206. The Kier molecular flexibility index (Phi) is 4.37. The zero-order valence-electron chi connectivity index (χ0n) is 13.8. The van der Waals surface area contributed by atoms with Crippen LogP contribution in [0.1, 0.15) is 15.9 Å². The van der Waals surface area contributed by atoms with Crippen molar-refractivity contribution in [1.29, 1.82) is 0 Å². The van der Waals surface area contributed by atoms with Gasteiger partial charge >= 0.3 is 5.97 Å². The van der Waals surface area contributed by atoms with Gasteiger partial charge in [0.15, 0.2) is 0 Å². The Hall–Kier alpha value is -3.18. The van der Waals surface area contributed by atoms with E-state index >= 15 is 0 Å². The first-order valence-corrected chi connectivity index (χ1v) is 8.92. The van der Waals surface area contributed by atoms with Crippen molar-refractivity contribution in [2.45, 2.75) is 6.61 Å². The lowest BCUT2D eigenvalue weighted by atomic mass is 10.1. The van der Waals surface area contributed by atoms with Crippen LogP contribution in [-0.4, -0.2) is 16.1 Å². The second-order valence-corrected chi connectivity index (χ2v) is 6.84. The van der Waals surface area contributed by atoms with E-state index in [1.165, 1.54) is 4.70 Å². The van der Waals surface area contributed by atoms with Gasteiger partial charge in [-0.2, -0.15) is 0 Å². The molecule has 4 aromatic rings. The molecule has 0 radical (unpaired) electrons. The fourth-order valence-corrected chi connectivity index (χ4v) is 3.62. The van der Waals surface area contributed by atoms with Gasteiger partial charge in [-0.1, -0.05) is 24.3 Å². The van der Waals surface area contributed by atoms with Crippen molar-refractivity contribution >= 4 is 27.5 Å². The number of benzene rings is 3. The highest BCUT2D eigenvalue weighted by atomic mass is 32.1. The first-order chi connectivity index (χ1) is 12.7. The minimum atomic E-state index is -0.938. The molecule has 0 saturated carbocycles. The van der Waals surface area contributed by atoms with Gasteiger partial charge in [-0.15, -0.1) is 11.3 Å². The second kappa shape index (κ2) is 6.98. The molecule has 0 aliphatic heterocycles. The number of carbonyl (C=O) groups is 1. The van der Waals surface area contributed by atoms with Crippen LogP contribution >= 0.6 is 11.3 Å². The van der Waals surface area contributed by atoms with Crippen LogP contribution in [0.2, 0.25) is 0 Å². The molecule has 0 saturated heterocycles. The van der Waals surface area contributed by atoms with Crippen LogP contribution in [0.5, 0.6) is 5.75 Å². The monoisotopic (exact) mass is 361 g/mol. The SMILES string of the molecule is O=C(O)c1cccc(COc2ccc(-c3nc4ccccc4s3)cc2)c1. The highest BCUT2D eigenvalue weighted by molar-refractivity contribution is 7.21. The van der Waals surface area contributed by atoms with Gasteiger partial charge in [-0.3, -0.25) is 0 Å². The summed E-state index contributed by atoms with van der Waals surface area (Å²) in [7, 11) is 0. The van der Waals surface area contributed by atoms with Crippen molar-refractivity contribution in [2.24, 2.45) is 0 Å². The Morgan fingerprint density at radius 2 is 1.81 bits per heavy atom. The number of hydrogen-bond donors (Lipinski definition) is 1. The number of aromatic nitrogens is 1. The lowest BCUT2D eigenvalue weighted by molar-refractivity contribution is 0.0696. The third-order valence-corrected chi connectivity index (χ3v) is 5.06. The molecule has 0 atom stereocenters. The number of rotatable bonds is 5. The van der Waals surface area contributed by atoms with E-state index < -0.39 is 5.97 Å². The van der Waals surface area contributed by atoms with Crippen molar-refractivity contribution in [1.82, 2.24) is 4.98 Å². The second-order valence-electron chi connectivity index (χ2n) is 5.81. The Morgan fingerprint density at radius 3 is 2.58 bits per heavy atom. The van der Waals surface area contributed by atoms with Crippen LogP contribution < -0.4 is 4.74 Å². The Balaban J connectivity index is 1.47. The van der Waals surface area contributed by atoms with Gasteiger partial charge in [0.1, 0.15) is 17.4 Å². The van der Waals surface area contributed by atoms with Crippen molar-refractivity contribution in [3.8, 4) is 16.3 Å². The molecule has 5 heteroatoms. The van der Waals surface area contributed by atoms with E-state index in [1.54, 1.807) is 29.5 Å². The van der Waals surface area contributed by atoms with Gasteiger partial charge in [-0.05, 0) is 54.1 Å². The van der Waals surface area contributed by atoms with E-state index in [2.05, 4.69) is 11.1 Å². The molecule has 0 fully saturated rings. The summed E-state index contributed by atoms with van der Waals surface area (Å²) >= 11 is 1.66. The number of nitrogens with zero attached hydrogens (tertiary/aromatic N) is 1. The first-order valence-electron chi connectivity index (χ1n) is 8.10. The van der Waals surface area contributed by atoms with Crippen molar-refractivity contribution in [3.05, 3.63) is 83.9 Å². The molecule has 0 amide bonds. The summed E-state index contributed by atoms with van der Waals surface area (Å²) in [5.41, 5.74) is 3.13. The average molecular weight is 361 g/mol. The fourth-order valence-electron chi connectivity index (χ4n) is 2.65. The number of para-hydroxylation sites is 1. The lowest BCUT2D eigenvalue weighted by Crippen LogP contribution is -2.00. The third-order valence-electron chi connectivity index (χ3n) is 3.97. The minimum Gasteiger partial charge on any atom is -0.489 e. The van der Waals surface area contributed by atoms with Gasteiger partial charge < -0.3 is 9.84 Å². The average Bonchev–Trinajstić information content (AvgIpc) is 3.11. The molecule has 4 nitrogen and oxygen atoms in total. The van der Waals surface area contributed by atoms with E-state index in [4.69, 9.17) is 9.84 Å². The minimum absolute atomic E-state index is 0.261. The van der Waals surface area contributed by atoms with Crippen LogP contribution in [0.15, 0.2) is 72.8 Å². The Morgan fingerprint density at radius 1 is 1.00 bits per heavy atom. The molecule has 0 aliphatic rings. The van der Waals surface area contributed by atoms with Gasteiger partial charge in [0.05, 0.1) is 15.8 Å². The van der Waals surface area contributed by atoms with Crippen LogP contribution in [0, 0.1) is 0 Å². The number of carboxylic acid groups (broad SMARTS) is 1. The zero-order valence-corrected chi connectivity index (χ0v) is 14.6. The molecule has 0 unspecified atom stereocenters. The third kappa shape index (κ3) is 3.43. The summed E-state index contributed by atoms with van der Waals surface area (Å²) in [6, 6.07) is 22.6. The molecule has 1 heterocycles. The van der Waals surface area contributed by atoms with Crippen molar-refractivity contribution in [3.63, 3.8) is 0 Å². The highest BCUT2D eigenvalue weighted by Crippen LogP contribution is 2.31. The molecule has 3 aromatic carbocycles. The maximum atomic E-state index is 11.0. The number of fused-ring (bicyclic) bond motifs is 1. The molecule has 26 heavy (non-hydrogen) atoms. The van der Waals surface area contributed by atoms with Crippen LogP contribution in [-0.2, 0) is 6.61 Å². The van der Waals surface area contributed by atoms with Gasteiger partial charge in [-0.25, -0.2) is 9.78 Å². The molecular weight excluding hydrogens is 346 g/mol. The summed E-state index contributed by atoms with van der Waals surface area (Å²) in [6.07, 6.45) is 0. The van der Waals surface area contributed by atoms with E-state index in [0.29, 0.717) is 6.61 Å².